The number of hydrogen-bond donors (Lipinski definition) is 2. The quantitative estimate of drug-likeness (QED) is 0.592. The normalized spacial score (nSPS) is 19.5. The first-order chi connectivity index (χ1) is 9.70. The lowest BCUT2D eigenvalue weighted by atomic mass is 10.2. The van der Waals surface area contributed by atoms with Crippen molar-refractivity contribution in [1.29, 1.82) is 0 Å². The molecular weight excluding hydrogens is 278 g/mol. The molecule has 6 nitrogen and oxygen atoms in total. The predicted octanol–water partition coefficient (Wildman–Crippen LogP) is 0.528. The number of thioether (sulfide) groups is 1. The maximum Gasteiger partial charge on any atom is 0.264 e. The number of rotatable bonds is 6. The van der Waals surface area contributed by atoms with Crippen molar-refractivity contribution in [2.75, 3.05) is 47.0 Å². The van der Waals surface area contributed by atoms with Crippen molar-refractivity contribution >= 4 is 17.7 Å². The maximum atomic E-state index is 12.3. The second kappa shape index (κ2) is 7.12. The van der Waals surface area contributed by atoms with Gasteiger partial charge in [0.25, 0.3) is 5.91 Å². The number of amides is 1. The summed E-state index contributed by atoms with van der Waals surface area (Å²) in [6, 6.07) is 3.84. The Labute approximate surface area is 123 Å². The Hall–Kier alpha value is -1.02. The number of aromatic amines is 1. The number of nitrogens with one attached hydrogen (secondary N) is 2. The van der Waals surface area contributed by atoms with Crippen LogP contribution in [-0.4, -0.2) is 67.7 Å². The Morgan fingerprint density at radius 2 is 2.35 bits per heavy atom. The largest absolute Gasteiger partial charge is 0.379 e. The summed E-state index contributed by atoms with van der Waals surface area (Å²) >= 11 is 1.40. The van der Waals surface area contributed by atoms with E-state index in [1.807, 2.05) is 18.3 Å². The summed E-state index contributed by atoms with van der Waals surface area (Å²) in [6.45, 7) is 3.54. The third kappa shape index (κ3) is 3.54. The SMILES string of the molecule is CNC(=O)C(CN1CCOCC1)(OC)Sc1ccc[nH]1. The molecule has 20 heavy (non-hydrogen) atoms. The highest BCUT2D eigenvalue weighted by Crippen LogP contribution is 2.34. The molecule has 2 rings (SSSR count). The summed E-state index contributed by atoms with van der Waals surface area (Å²) in [6.07, 6.45) is 1.83. The van der Waals surface area contributed by atoms with Crippen molar-refractivity contribution < 1.29 is 14.3 Å². The summed E-state index contributed by atoms with van der Waals surface area (Å²) in [5.41, 5.74) is 0. The first kappa shape index (κ1) is 15.4. The molecule has 0 saturated carbocycles. The fourth-order valence-electron chi connectivity index (χ4n) is 2.15. The summed E-state index contributed by atoms with van der Waals surface area (Å²) in [4.78, 5) is 16.7. The average molecular weight is 299 g/mol. The Kier molecular flexibility index (Phi) is 5.47. The Balaban J connectivity index is 2.14. The summed E-state index contributed by atoms with van der Waals surface area (Å²) in [7, 11) is 3.20. The van der Waals surface area contributed by atoms with Gasteiger partial charge in [-0.1, -0.05) is 11.8 Å². The number of morpholine rings is 1. The first-order valence-electron chi connectivity index (χ1n) is 6.60. The molecule has 0 radical (unpaired) electrons. The second-order valence-corrected chi connectivity index (χ2v) is 5.86. The molecule has 2 heterocycles. The van der Waals surface area contributed by atoms with Crippen molar-refractivity contribution in [3.63, 3.8) is 0 Å². The maximum absolute atomic E-state index is 12.3. The molecule has 0 aliphatic carbocycles. The van der Waals surface area contributed by atoms with Crippen LogP contribution in [-0.2, 0) is 14.3 Å². The smallest absolute Gasteiger partial charge is 0.264 e. The molecule has 1 unspecified atom stereocenters. The van der Waals surface area contributed by atoms with E-state index in [9.17, 15) is 4.79 Å². The van der Waals surface area contributed by atoms with Gasteiger partial charge in [-0.05, 0) is 12.1 Å². The van der Waals surface area contributed by atoms with Crippen LogP contribution in [0.4, 0.5) is 0 Å². The Bertz CT molecular complexity index is 421. The third-order valence-electron chi connectivity index (χ3n) is 3.28. The summed E-state index contributed by atoms with van der Waals surface area (Å²) < 4.78 is 11.0. The molecule has 1 aliphatic heterocycles. The van der Waals surface area contributed by atoms with Crippen LogP contribution in [0.15, 0.2) is 23.4 Å². The van der Waals surface area contributed by atoms with Gasteiger partial charge in [-0.15, -0.1) is 0 Å². The number of H-pyrrole nitrogens is 1. The molecule has 1 amide bonds. The first-order valence-corrected chi connectivity index (χ1v) is 7.41. The number of likely N-dealkylation sites (N-methyl/N-ethyl adjacent to an activating group) is 1. The van der Waals surface area contributed by atoms with Gasteiger partial charge in [0.05, 0.1) is 18.2 Å². The fourth-order valence-corrected chi connectivity index (χ4v) is 3.30. The van der Waals surface area contributed by atoms with Gasteiger partial charge in [0.2, 0.25) is 4.93 Å². The molecule has 1 saturated heterocycles. The number of hydrogen-bond acceptors (Lipinski definition) is 5. The number of ether oxygens (including phenoxy) is 2. The van der Waals surface area contributed by atoms with Gasteiger partial charge in [0, 0.05) is 40.0 Å². The molecule has 1 atom stereocenters. The van der Waals surface area contributed by atoms with Crippen LogP contribution < -0.4 is 5.32 Å². The van der Waals surface area contributed by atoms with Crippen molar-refractivity contribution in [2.24, 2.45) is 0 Å². The Morgan fingerprint density at radius 3 is 2.90 bits per heavy atom. The van der Waals surface area contributed by atoms with Gasteiger partial charge >= 0.3 is 0 Å². The molecule has 1 aliphatic rings. The van der Waals surface area contributed by atoms with Crippen LogP contribution >= 0.6 is 11.8 Å². The highest BCUT2D eigenvalue weighted by molar-refractivity contribution is 8.01. The topological polar surface area (TPSA) is 66.6 Å². The number of carbonyl (C=O) groups excluding carboxylic acids is 1. The monoisotopic (exact) mass is 299 g/mol. The van der Waals surface area contributed by atoms with Gasteiger partial charge in [0.15, 0.2) is 0 Å². The van der Waals surface area contributed by atoms with Gasteiger partial charge in [-0.25, -0.2) is 0 Å². The van der Waals surface area contributed by atoms with E-state index in [4.69, 9.17) is 9.47 Å². The van der Waals surface area contributed by atoms with Crippen molar-refractivity contribution in [2.45, 2.75) is 9.96 Å². The fraction of sp³-hybridized carbons (Fsp3) is 0.615. The van der Waals surface area contributed by atoms with Crippen LogP contribution in [0, 0.1) is 0 Å². The lowest BCUT2D eigenvalue weighted by molar-refractivity contribution is -0.135. The predicted molar refractivity (Wildman–Crippen MR) is 77.7 cm³/mol. The molecule has 112 valence electrons. The van der Waals surface area contributed by atoms with E-state index in [0.717, 1.165) is 18.1 Å². The van der Waals surface area contributed by atoms with Gasteiger partial charge < -0.3 is 19.8 Å². The van der Waals surface area contributed by atoms with Crippen molar-refractivity contribution in [1.82, 2.24) is 15.2 Å². The minimum atomic E-state index is -0.961. The van der Waals surface area contributed by atoms with Gasteiger partial charge in [-0.3, -0.25) is 9.69 Å². The standard InChI is InChI=1S/C13H21N3O3S/c1-14-12(17)13(18-2,20-11-4-3-5-15-11)10-16-6-8-19-9-7-16/h3-5,15H,6-10H2,1-2H3,(H,14,17). The molecule has 1 aromatic heterocycles. The molecule has 0 spiro atoms. The van der Waals surface area contributed by atoms with E-state index < -0.39 is 4.93 Å². The highest BCUT2D eigenvalue weighted by atomic mass is 32.2. The molecule has 0 bridgehead atoms. The number of nitrogens with zero attached hydrogens (tertiary/aromatic N) is 1. The Morgan fingerprint density at radius 1 is 1.60 bits per heavy atom. The van der Waals surface area contributed by atoms with E-state index in [1.54, 1.807) is 14.2 Å². The number of methoxy groups -OCH3 is 1. The molecule has 1 fully saturated rings. The zero-order chi connectivity index (χ0) is 14.4. The highest BCUT2D eigenvalue weighted by Gasteiger charge is 2.41. The molecule has 0 aromatic carbocycles. The van der Waals surface area contributed by atoms with E-state index in [1.165, 1.54) is 11.8 Å². The van der Waals surface area contributed by atoms with E-state index in [0.29, 0.717) is 19.8 Å². The van der Waals surface area contributed by atoms with E-state index in [-0.39, 0.29) is 5.91 Å². The minimum absolute atomic E-state index is 0.133. The van der Waals surface area contributed by atoms with Crippen molar-refractivity contribution in [3.8, 4) is 0 Å². The lowest BCUT2D eigenvalue weighted by Gasteiger charge is -2.36. The zero-order valence-corrected chi connectivity index (χ0v) is 12.7. The zero-order valence-electron chi connectivity index (χ0n) is 11.8. The number of aromatic nitrogens is 1. The van der Waals surface area contributed by atoms with Crippen LogP contribution in [0.25, 0.3) is 0 Å². The van der Waals surface area contributed by atoms with Crippen LogP contribution in [0.2, 0.25) is 0 Å². The van der Waals surface area contributed by atoms with Crippen LogP contribution in [0.3, 0.4) is 0 Å². The summed E-state index contributed by atoms with van der Waals surface area (Å²) in [5, 5.41) is 3.61. The van der Waals surface area contributed by atoms with Gasteiger partial charge in [0.1, 0.15) is 0 Å². The average Bonchev–Trinajstić information content (AvgIpc) is 2.99. The van der Waals surface area contributed by atoms with Crippen LogP contribution in [0.1, 0.15) is 0 Å². The minimum Gasteiger partial charge on any atom is -0.379 e. The van der Waals surface area contributed by atoms with E-state index >= 15 is 0 Å². The molecular formula is C13H21N3O3S. The van der Waals surface area contributed by atoms with Crippen LogP contribution in [0.5, 0.6) is 0 Å². The molecule has 7 heteroatoms. The molecule has 2 N–H and O–H groups in total. The summed E-state index contributed by atoms with van der Waals surface area (Å²) in [5.74, 6) is -0.133. The van der Waals surface area contributed by atoms with E-state index in [2.05, 4.69) is 15.2 Å². The molecule has 1 aromatic rings. The number of carbonyl (C=O) groups is 1. The van der Waals surface area contributed by atoms with Gasteiger partial charge in [-0.2, -0.15) is 0 Å². The lowest BCUT2D eigenvalue weighted by Crippen LogP contribution is -2.54. The van der Waals surface area contributed by atoms with Crippen molar-refractivity contribution in [3.05, 3.63) is 18.3 Å². The second-order valence-electron chi connectivity index (χ2n) is 4.56. The third-order valence-corrected chi connectivity index (χ3v) is 4.57.